The highest BCUT2D eigenvalue weighted by atomic mass is 16.4. The highest BCUT2D eigenvalue weighted by Crippen LogP contribution is 2.01. The van der Waals surface area contributed by atoms with Crippen LogP contribution in [-0.4, -0.2) is 27.1 Å². The van der Waals surface area contributed by atoms with Crippen molar-refractivity contribution in [2.45, 2.75) is 0 Å². The highest BCUT2D eigenvalue weighted by molar-refractivity contribution is 6.01. The van der Waals surface area contributed by atoms with Crippen molar-refractivity contribution in [1.29, 1.82) is 0 Å². The third-order valence-electron chi connectivity index (χ3n) is 1.55. The molecule has 0 amide bonds. The summed E-state index contributed by atoms with van der Waals surface area (Å²) in [5, 5.41) is 22.4. The fourth-order valence-corrected chi connectivity index (χ4v) is 0.836. The maximum Gasteiger partial charge on any atom is 0.171 e. The minimum Gasteiger partial charge on any atom is -0.409 e. The summed E-state index contributed by atoms with van der Waals surface area (Å²) in [6, 6.07) is 1.48. The zero-order valence-corrected chi connectivity index (χ0v) is 7.12. The topological polar surface area (TPSA) is 130 Å². The van der Waals surface area contributed by atoms with Gasteiger partial charge in [-0.25, -0.2) is 0 Å². The smallest absolute Gasteiger partial charge is 0.171 e. The van der Waals surface area contributed by atoms with Gasteiger partial charge in [-0.2, -0.15) is 0 Å². The van der Waals surface area contributed by atoms with E-state index < -0.39 is 0 Å². The third kappa shape index (κ3) is 1.89. The van der Waals surface area contributed by atoms with E-state index in [1.807, 2.05) is 0 Å². The van der Waals surface area contributed by atoms with Crippen LogP contribution in [0.3, 0.4) is 0 Å². The van der Waals surface area contributed by atoms with Crippen LogP contribution < -0.4 is 11.5 Å². The molecule has 6 N–H and O–H groups in total. The molecule has 0 aromatic carbocycles. The first-order chi connectivity index (χ1) is 6.69. The van der Waals surface area contributed by atoms with Crippen LogP contribution in [0, 0.1) is 0 Å². The lowest BCUT2D eigenvalue weighted by Crippen LogP contribution is -2.17. The largest absolute Gasteiger partial charge is 0.409 e. The summed E-state index contributed by atoms with van der Waals surface area (Å²) >= 11 is 0. The summed E-state index contributed by atoms with van der Waals surface area (Å²) < 4.78 is 0. The molecule has 0 atom stereocenters. The average Bonchev–Trinajstić information content (AvgIpc) is 2.27. The van der Waals surface area contributed by atoms with Gasteiger partial charge in [-0.3, -0.25) is 4.98 Å². The van der Waals surface area contributed by atoms with Gasteiger partial charge in [0.2, 0.25) is 0 Å². The zero-order chi connectivity index (χ0) is 10.6. The van der Waals surface area contributed by atoms with Crippen LogP contribution in [0.2, 0.25) is 0 Å². The standard InChI is InChI=1S/C7H9N5O2/c8-6(11-13)4-1-5(3-10-2-4)7(9)12-14/h1-3,13-14H,(H2,8,11)(H2,9,12). The van der Waals surface area contributed by atoms with Crippen LogP contribution in [0.4, 0.5) is 0 Å². The second-order valence-corrected chi connectivity index (χ2v) is 2.43. The van der Waals surface area contributed by atoms with E-state index in [0.717, 1.165) is 0 Å². The Morgan fingerprint density at radius 1 is 1.07 bits per heavy atom. The number of nitrogens with two attached hydrogens (primary N) is 2. The van der Waals surface area contributed by atoms with Gasteiger partial charge in [-0.15, -0.1) is 0 Å². The summed E-state index contributed by atoms with van der Waals surface area (Å²) in [5.41, 5.74) is 11.4. The van der Waals surface area contributed by atoms with E-state index >= 15 is 0 Å². The number of pyridine rings is 1. The van der Waals surface area contributed by atoms with Crippen molar-refractivity contribution < 1.29 is 10.4 Å². The molecule has 0 bridgehead atoms. The van der Waals surface area contributed by atoms with E-state index in [-0.39, 0.29) is 11.7 Å². The van der Waals surface area contributed by atoms with Gasteiger partial charge in [-0.1, -0.05) is 10.3 Å². The van der Waals surface area contributed by atoms with Crippen molar-refractivity contribution >= 4 is 11.7 Å². The Morgan fingerprint density at radius 3 is 1.86 bits per heavy atom. The van der Waals surface area contributed by atoms with E-state index in [4.69, 9.17) is 21.9 Å². The molecule has 0 saturated carbocycles. The summed E-state index contributed by atoms with van der Waals surface area (Å²) in [7, 11) is 0. The predicted octanol–water partition coefficient (Wildman–Crippen LogP) is -0.729. The molecule has 0 aliphatic heterocycles. The quantitative estimate of drug-likeness (QED) is 0.214. The zero-order valence-electron chi connectivity index (χ0n) is 7.12. The molecular formula is C7H9N5O2. The van der Waals surface area contributed by atoms with Gasteiger partial charge >= 0.3 is 0 Å². The number of oxime groups is 2. The number of amidine groups is 2. The summed E-state index contributed by atoms with van der Waals surface area (Å²) in [6.45, 7) is 0. The van der Waals surface area contributed by atoms with Crippen molar-refractivity contribution in [1.82, 2.24) is 4.98 Å². The second kappa shape index (κ2) is 4.08. The maximum absolute atomic E-state index is 8.40. The Hall–Kier alpha value is -2.31. The first kappa shape index (κ1) is 9.78. The summed E-state index contributed by atoms with van der Waals surface area (Å²) in [5.74, 6) is -0.185. The minimum atomic E-state index is -0.0925. The summed E-state index contributed by atoms with van der Waals surface area (Å²) in [6.07, 6.45) is 2.78. The fraction of sp³-hybridized carbons (Fsp3) is 0. The molecule has 0 saturated heterocycles. The summed E-state index contributed by atoms with van der Waals surface area (Å²) in [4.78, 5) is 3.78. The molecule has 1 heterocycles. The van der Waals surface area contributed by atoms with E-state index in [0.29, 0.717) is 11.1 Å². The molecule has 1 aromatic rings. The Labute approximate surface area is 79.3 Å². The van der Waals surface area contributed by atoms with Gasteiger partial charge in [0, 0.05) is 23.5 Å². The minimum absolute atomic E-state index is 0.0925. The second-order valence-electron chi connectivity index (χ2n) is 2.43. The molecule has 74 valence electrons. The Bertz CT molecular complexity index is 354. The van der Waals surface area contributed by atoms with Crippen LogP contribution in [0.25, 0.3) is 0 Å². The highest BCUT2D eigenvalue weighted by Gasteiger charge is 2.04. The van der Waals surface area contributed by atoms with E-state index in [9.17, 15) is 0 Å². The van der Waals surface area contributed by atoms with Crippen molar-refractivity contribution in [3.63, 3.8) is 0 Å². The lowest BCUT2D eigenvalue weighted by Gasteiger charge is -2.00. The molecule has 14 heavy (non-hydrogen) atoms. The van der Waals surface area contributed by atoms with Crippen LogP contribution in [0.5, 0.6) is 0 Å². The van der Waals surface area contributed by atoms with E-state index in [2.05, 4.69) is 15.3 Å². The average molecular weight is 195 g/mol. The molecule has 7 heteroatoms. The van der Waals surface area contributed by atoms with Gasteiger partial charge in [-0.05, 0) is 6.07 Å². The van der Waals surface area contributed by atoms with Crippen LogP contribution in [-0.2, 0) is 0 Å². The normalized spacial score (nSPS) is 12.9. The molecule has 7 nitrogen and oxygen atoms in total. The van der Waals surface area contributed by atoms with Gasteiger partial charge in [0.1, 0.15) is 0 Å². The molecule has 0 aliphatic rings. The van der Waals surface area contributed by atoms with Gasteiger partial charge in [0.15, 0.2) is 11.7 Å². The van der Waals surface area contributed by atoms with Crippen LogP contribution >= 0.6 is 0 Å². The van der Waals surface area contributed by atoms with Crippen molar-refractivity contribution in [2.75, 3.05) is 0 Å². The van der Waals surface area contributed by atoms with E-state index in [1.54, 1.807) is 0 Å². The van der Waals surface area contributed by atoms with Gasteiger partial charge in [0.25, 0.3) is 0 Å². The molecule has 0 fully saturated rings. The molecule has 0 radical (unpaired) electrons. The Balaban J connectivity index is 3.14. The fourth-order valence-electron chi connectivity index (χ4n) is 0.836. The first-order valence-electron chi connectivity index (χ1n) is 3.60. The molecule has 1 rings (SSSR count). The molecule has 0 unspecified atom stereocenters. The SMILES string of the molecule is N/C(=N\O)c1cncc(/C(N)=N\O)c1. The van der Waals surface area contributed by atoms with Gasteiger partial charge in [0.05, 0.1) is 0 Å². The van der Waals surface area contributed by atoms with Crippen LogP contribution in [0.15, 0.2) is 28.8 Å². The van der Waals surface area contributed by atoms with Crippen molar-refractivity contribution in [3.8, 4) is 0 Å². The van der Waals surface area contributed by atoms with Crippen LogP contribution in [0.1, 0.15) is 11.1 Å². The predicted molar refractivity (Wildman–Crippen MR) is 49.3 cm³/mol. The number of nitrogens with zero attached hydrogens (tertiary/aromatic N) is 3. The molecule has 0 aliphatic carbocycles. The molecular weight excluding hydrogens is 186 g/mol. The number of hydrogen-bond donors (Lipinski definition) is 4. The lowest BCUT2D eigenvalue weighted by molar-refractivity contribution is 0.318. The maximum atomic E-state index is 8.40. The molecule has 0 spiro atoms. The van der Waals surface area contributed by atoms with Crippen molar-refractivity contribution in [3.05, 3.63) is 29.6 Å². The molecule has 1 aromatic heterocycles. The Morgan fingerprint density at radius 2 is 1.50 bits per heavy atom. The first-order valence-corrected chi connectivity index (χ1v) is 3.60. The van der Waals surface area contributed by atoms with E-state index in [1.165, 1.54) is 18.5 Å². The number of hydrogen-bond acceptors (Lipinski definition) is 5. The van der Waals surface area contributed by atoms with Gasteiger partial charge < -0.3 is 21.9 Å². The third-order valence-corrected chi connectivity index (χ3v) is 1.55. The Kier molecular flexibility index (Phi) is 2.85. The number of aromatic nitrogens is 1. The monoisotopic (exact) mass is 195 g/mol. The lowest BCUT2D eigenvalue weighted by atomic mass is 10.2. The van der Waals surface area contributed by atoms with Crippen molar-refractivity contribution in [2.24, 2.45) is 21.8 Å². The number of rotatable bonds is 2.